The Labute approximate surface area is 166 Å². The van der Waals surface area contributed by atoms with Crippen molar-refractivity contribution in [2.24, 2.45) is 0 Å². The topological polar surface area (TPSA) is 174 Å². The fourth-order valence-electron chi connectivity index (χ4n) is 2.63. The van der Waals surface area contributed by atoms with Crippen LogP contribution in [-0.2, 0) is 24.0 Å². The number of hydrogen-bond acceptors (Lipinski definition) is 7. The zero-order valence-corrected chi connectivity index (χ0v) is 16.3. The molecule has 0 aliphatic carbocycles. The Bertz CT molecular complexity index is 596. The Morgan fingerprint density at radius 3 is 2.32 bits per heavy atom. The molecule has 1 rings (SSSR count). The summed E-state index contributed by atoms with van der Waals surface area (Å²) in [6.07, 6.45) is 2.76. The summed E-state index contributed by atoms with van der Waals surface area (Å²) in [5.74, 6) is -3.99. The Morgan fingerprint density at radius 2 is 1.79 bits per heavy atom. The van der Waals surface area contributed by atoms with Gasteiger partial charge in [-0.25, -0.2) is 0 Å². The van der Waals surface area contributed by atoms with Crippen molar-refractivity contribution in [2.75, 3.05) is 25.1 Å². The smallest absolute Gasteiger partial charge is 0.322 e. The van der Waals surface area contributed by atoms with E-state index in [-0.39, 0.29) is 6.42 Å². The van der Waals surface area contributed by atoms with E-state index in [9.17, 15) is 24.0 Å². The second kappa shape index (κ2) is 12.2. The van der Waals surface area contributed by atoms with Crippen molar-refractivity contribution in [1.82, 2.24) is 21.3 Å². The lowest BCUT2D eigenvalue weighted by atomic mass is 10.1. The van der Waals surface area contributed by atoms with Crippen LogP contribution in [0.5, 0.6) is 0 Å². The Hall–Kier alpha value is -2.34. The quantitative estimate of drug-likeness (QED) is 0.212. The standard InChI is InChI=1S/C16H26N4O7S/c1-28-6-4-10(14(25)18-8-13(23)24)19-16(27)11(7-12(21)22)20-15(26)9-3-2-5-17-9/h9-11,17H,2-8H2,1H3,(H,18,25)(H,19,27)(H,20,26)(H,21,22)(H,23,24). The molecule has 1 heterocycles. The number of nitrogens with one attached hydrogen (secondary N) is 4. The number of carbonyl (C=O) groups excluding carboxylic acids is 3. The van der Waals surface area contributed by atoms with E-state index in [1.54, 1.807) is 6.26 Å². The van der Waals surface area contributed by atoms with Gasteiger partial charge >= 0.3 is 11.9 Å². The number of amides is 3. The number of thioether (sulfide) groups is 1. The van der Waals surface area contributed by atoms with Crippen LogP contribution in [0.25, 0.3) is 0 Å². The van der Waals surface area contributed by atoms with Gasteiger partial charge in [0, 0.05) is 0 Å². The van der Waals surface area contributed by atoms with E-state index in [1.165, 1.54) is 11.8 Å². The molecule has 3 amide bonds. The van der Waals surface area contributed by atoms with Crippen LogP contribution in [0.2, 0.25) is 0 Å². The predicted octanol–water partition coefficient (Wildman–Crippen LogP) is -1.86. The van der Waals surface area contributed by atoms with Crippen molar-refractivity contribution in [3.05, 3.63) is 0 Å². The molecule has 1 fully saturated rings. The Balaban J connectivity index is 2.78. The van der Waals surface area contributed by atoms with Crippen LogP contribution < -0.4 is 21.3 Å². The summed E-state index contributed by atoms with van der Waals surface area (Å²) < 4.78 is 0. The molecule has 28 heavy (non-hydrogen) atoms. The maximum atomic E-state index is 12.5. The van der Waals surface area contributed by atoms with Crippen molar-refractivity contribution < 1.29 is 34.2 Å². The molecule has 0 spiro atoms. The summed E-state index contributed by atoms with van der Waals surface area (Å²) in [6, 6.07) is -2.89. The van der Waals surface area contributed by atoms with Crippen molar-refractivity contribution in [3.63, 3.8) is 0 Å². The molecule has 0 aromatic carbocycles. The van der Waals surface area contributed by atoms with E-state index in [1.807, 2.05) is 0 Å². The summed E-state index contributed by atoms with van der Waals surface area (Å²) in [4.78, 5) is 58.6. The molecule has 11 nitrogen and oxygen atoms in total. The third kappa shape index (κ3) is 8.57. The minimum atomic E-state index is -1.35. The highest BCUT2D eigenvalue weighted by atomic mass is 32.2. The molecule has 12 heteroatoms. The van der Waals surface area contributed by atoms with Crippen LogP contribution in [0, 0.1) is 0 Å². The van der Waals surface area contributed by atoms with Crippen LogP contribution in [0.3, 0.4) is 0 Å². The van der Waals surface area contributed by atoms with Gasteiger partial charge in [-0.05, 0) is 37.8 Å². The number of carbonyl (C=O) groups is 5. The van der Waals surface area contributed by atoms with Crippen LogP contribution in [0.1, 0.15) is 25.7 Å². The lowest BCUT2D eigenvalue weighted by molar-refractivity contribution is -0.141. The van der Waals surface area contributed by atoms with E-state index in [2.05, 4.69) is 21.3 Å². The summed E-state index contributed by atoms with van der Waals surface area (Å²) in [7, 11) is 0. The van der Waals surface area contributed by atoms with Crippen molar-refractivity contribution in [1.29, 1.82) is 0 Å². The zero-order chi connectivity index (χ0) is 21.1. The molecule has 3 unspecified atom stereocenters. The van der Waals surface area contributed by atoms with Gasteiger partial charge in [0.05, 0.1) is 12.5 Å². The molecule has 0 saturated carbocycles. The summed E-state index contributed by atoms with van der Waals surface area (Å²) in [5.41, 5.74) is 0. The highest BCUT2D eigenvalue weighted by molar-refractivity contribution is 7.98. The van der Waals surface area contributed by atoms with Gasteiger partial charge in [-0.15, -0.1) is 0 Å². The lowest BCUT2D eigenvalue weighted by Gasteiger charge is -2.23. The first-order valence-corrected chi connectivity index (χ1v) is 10.2. The van der Waals surface area contributed by atoms with Crippen molar-refractivity contribution in [2.45, 2.75) is 43.8 Å². The molecular formula is C16H26N4O7S. The van der Waals surface area contributed by atoms with E-state index < -0.39 is 60.8 Å². The van der Waals surface area contributed by atoms with Gasteiger partial charge in [0.15, 0.2) is 0 Å². The molecule has 3 atom stereocenters. The van der Waals surface area contributed by atoms with E-state index >= 15 is 0 Å². The first-order valence-electron chi connectivity index (χ1n) is 8.79. The monoisotopic (exact) mass is 418 g/mol. The molecule has 0 radical (unpaired) electrons. The normalized spacial score (nSPS) is 18.0. The first kappa shape index (κ1) is 23.7. The van der Waals surface area contributed by atoms with Crippen LogP contribution in [0.4, 0.5) is 0 Å². The average molecular weight is 418 g/mol. The van der Waals surface area contributed by atoms with E-state index in [0.29, 0.717) is 18.7 Å². The van der Waals surface area contributed by atoms with E-state index in [4.69, 9.17) is 10.2 Å². The second-order valence-electron chi connectivity index (χ2n) is 6.26. The third-order valence-electron chi connectivity index (χ3n) is 4.05. The van der Waals surface area contributed by atoms with Crippen LogP contribution >= 0.6 is 11.8 Å². The van der Waals surface area contributed by atoms with E-state index in [0.717, 1.165) is 6.42 Å². The molecule has 0 aromatic rings. The molecule has 158 valence electrons. The highest BCUT2D eigenvalue weighted by Gasteiger charge is 2.31. The lowest BCUT2D eigenvalue weighted by Crippen LogP contribution is -2.56. The van der Waals surface area contributed by atoms with Gasteiger partial charge in [0.25, 0.3) is 0 Å². The summed E-state index contributed by atoms with van der Waals surface area (Å²) in [6.45, 7) is 0.0570. The molecule has 0 aromatic heterocycles. The SMILES string of the molecule is CSCCC(NC(=O)C(CC(=O)O)NC(=O)C1CCCN1)C(=O)NCC(=O)O. The number of aliphatic carboxylic acids is 2. The zero-order valence-electron chi connectivity index (χ0n) is 15.5. The molecule has 1 aliphatic heterocycles. The molecule has 6 N–H and O–H groups in total. The predicted molar refractivity (Wildman–Crippen MR) is 101 cm³/mol. The maximum Gasteiger partial charge on any atom is 0.322 e. The largest absolute Gasteiger partial charge is 0.481 e. The van der Waals surface area contributed by atoms with Gasteiger partial charge in [0.1, 0.15) is 18.6 Å². The van der Waals surface area contributed by atoms with Crippen molar-refractivity contribution in [3.8, 4) is 0 Å². The summed E-state index contributed by atoms with van der Waals surface area (Å²) in [5, 5.41) is 27.7. The summed E-state index contributed by atoms with van der Waals surface area (Å²) >= 11 is 1.43. The fraction of sp³-hybridized carbons (Fsp3) is 0.688. The van der Waals surface area contributed by atoms with Gasteiger partial charge in [-0.3, -0.25) is 24.0 Å². The number of rotatable bonds is 12. The number of hydrogen-bond donors (Lipinski definition) is 6. The van der Waals surface area contributed by atoms with Gasteiger partial charge < -0.3 is 31.5 Å². The maximum absolute atomic E-state index is 12.5. The number of carboxylic acid groups (broad SMARTS) is 2. The van der Waals surface area contributed by atoms with Crippen LogP contribution in [-0.4, -0.2) is 83.1 Å². The first-order chi connectivity index (χ1) is 13.2. The van der Waals surface area contributed by atoms with Gasteiger partial charge in [0.2, 0.25) is 17.7 Å². The highest BCUT2D eigenvalue weighted by Crippen LogP contribution is 2.07. The molecule has 1 aliphatic rings. The van der Waals surface area contributed by atoms with Gasteiger partial charge in [-0.2, -0.15) is 11.8 Å². The molecular weight excluding hydrogens is 392 g/mol. The Morgan fingerprint density at radius 1 is 1.07 bits per heavy atom. The second-order valence-corrected chi connectivity index (χ2v) is 7.25. The fourth-order valence-corrected chi connectivity index (χ4v) is 3.10. The molecule has 0 bridgehead atoms. The number of carboxylic acids is 2. The minimum Gasteiger partial charge on any atom is -0.481 e. The van der Waals surface area contributed by atoms with Crippen molar-refractivity contribution >= 4 is 41.4 Å². The Kier molecular flexibility index (Phi) is 10.3. The van der Waals surface area contributed by atoms with Gasteiger partial charge in [-0.1, -0.05) is 0 Å². The minimum absolute atomic E-state index is 0.219. The average Bonchev–Trinajstić information content (AvgIpc) is 3.16. The van der Waals surface area contributed by atoms with Crippen LogP contribution in [0.15, 0.2) is 0 Å². The third-order valence-corrected chi connectivity index (χ3v) is 4.69. The molecule has 1 saturated heterocycles.